The van der Waals surface area contributed by atoms with Crippen LogP contribution in [0.15, 0.2) is 36.4 Å². The molecule has 3 rings (SSSR count). The van der Waals surface area contributed by atoms with E-state index in [0.29, 0.717) is 6.04 Å². The average Bonchev–Trinajstić information content (AvgIpc) is 2.47. The van der Waals surface area contributed by atoms with E-state index in [0.717, 1.165) is 25.7 Å². The van der Waals surface area contributed by atoms with Gasteiger partial charge < -0.3 is 10.4 Å². The van der Waals surface area contributed by atoms with E-state index in [1.165, 1.54) is 22.0 Å². The predicted molar refractivity (Wildman–Crippen MR) is 85.7 cm³/mol. The van der Waals surface area contributed by atoms with E-state index in [2.05, 4.69) is 48.6 Å². The van der Waals surface area contributed by atoms with E-state index in [1.807, 2.05) is 0 Å². The monoisotopic (exact) mass is 283 g/mol. The molecule has 0 spiro atoms. The molecule has 0 saturated heterocycles. The molecule has 0 atom stereocenters. The van der Waals surface area contributed by atoms with Crippen molar-refractivity contribution in [2.75, 3.05) is 5.32 Å². The van der Waals surface area contributed by atoms with Gasteiger partial charge in [-0.05, 0) is 49.6 Å². The van der Waals surface area contributed by atoms with Crippen LogP contribution in [0.3, 0.4) is 0 Å². The molecule has 3 nitrogen and oxygen atoms in total. The molecule has 0 amide bonds. The summed E-state index contributed by atoms with van der Waals surface area (Å²) in [6, 6.07) is 13.2. The van der Waals surface area contributed by atoms with E-state index in [-0.39, 0.29) is 5.92 Å². The molecule has 1 saturated carbocycles. The van der Waals surface area contributed by atoms with Crippen LogP contribution in [0.2, 0.25) is 0 Å². The van der Waals surface area contributed by atoms with Crippen molar-refractivity contribution in [1.82, 2.24) is 0 Å². The zero-order valence-electron chi connectivity index (χ0n) is 12.3. The number of anilines is 1. The Kier molecular flexibility index (Phi) is 3.82. The van der Waals surface area contributed by atoms with Gasteiger partial charge in [0, 0.05) is 17.1 Å². The fourth-order valence-corrected chi connectivity index (χ4v) is 3.28. The number of rotatable bonds is 3. The van der Waals surface area contributed by atoms with Gasteiger partial charge in [0.25, 0.3) is 0 Å². The predicted octanol–water partition coefficient (Wildman–Crippen LogP) is 4.20. The average molecular weight is 283 g/mol. The van der Waals surface area contributed by atoms with Crippen LogP contribution < -0.4 is 5.32 Å². The topological polar surface area (TPSA) is 49.3 Å². The molecule has 2 aromatic carbocycles. The lowest BCUT2D eigenvalue weighted by atomic mass is 9.86. The standard InChI is InChI=1S/C18H21NO2/c1-12-10-14-4-2-3-5-16(14)17(11-12)19-15-8-6-13(7-9-15)18(20)21/h2-5,10-11,13,15,19H,6-9H2,1H3,(H,20,21). The first-order chi connectivity index (χ1) is 10.1. The Morgan fingerprint density at radius 1 is 1.14 bits per heavy atom. The number of benzene rings is 2. The highest BCUT2D eigenvalue weighted by Gasteiger charge is 2.25. The number of fused-ring (bicyclic) bond motifs is 1. The lowest BCUT2D eigenvalue weighted by Crippen LogP contribution is -2.29. The van der Waals surface area contributed by atoms with Crippen LogP contribution in [0.25, 0.3) is 10.8 Å². The SMILES string of the molecule is Cc1cc(NC2CCC(C(=O)O)CC2)c2ccccc2c1. The lowest BCUT2D eigenvalue weighted by Gasteiger charge is -2.28. The van der Waals surface area contributed by atoms with Crippen LogP contribution >= 0.6 is 0 Å². The van der Waals surface area contributed by atoms with Crippen LogP contribution in [0, 0.1) is 12.8 Å². The number of aryl methyl sites for hydroxylation is 1. The smallest absolute Gasteiger partial charge is 0.306 e. The van der Waals surface area contributed by atoms with Gasteiger partial charge in [-0.2, -0.15) is 0 Å². The van der Waals surface area contributed by atoms with Gasteiger partial charge in [0.1, 0.15) is 0 Å². The number of carbonyl (C=O) groups is 1. The molecular weight excluding hydrogens is 262 g/mol. The van der Waals surface area contributed by atoms with E-state index in [4.69, 9.17) is 5.11 Å². The number of hydrogen-bond donors (Lipinski definition) is 2. The third kappa shape index (κ3) is 3.02. The molecule has 0 unspecified atom stereocenters. The van der Waals surface area contributed by atoms with Gasteiger partial charge in [-0.1, -0.05) is 30.3 Å². The first-order valence-corrected chi connectivity index (χ1v) is 7.62. The summed E-state index contributed by atoms with van der Waals surface area (Å²) < 4.78 is 0. The van der Waals surface area contributed by atoms with Gasteiger partial charge in [0.15, 0.2) is 0 Å². The summed E-state index contributed by atoms with van der Waals surface area (Å²) in [6.07, 6.45) is 3.41. The summed E-state index contributed by atoms with van der Waals surface area (Å²) in [5.41, 5.74) is 2.42. The molecule has 3 heteroatoms. The van der Waals surface area contributed by atoms with Gasteiger partial charge in [0.2, 0.25) is 0 Å². The number of carboxylic acid groups (broad SMARTS) is 1. The summed E-state index contributed by atoms with van der Waals surface area (Å²) in [6.45, 7) is 2.11. The molecule has 1 aliphatic carbocycles. The molecule has 1 fully saturated rings. The molecule has 2 aromatic rings. The molecule has 21 heavy (non-hydrogen) atoms. The zero-order chi connectivity index (χ0) is 14.8. The van der Waals surface area contributed by atoms with E-state index in [1.54, 1.807) is 0 Å². The van der Waals surface area contributed by atoms with Crippen LogP contribution in [0.1, 0.15) is 31.2 Å². The van der Waals surface area contributed by atoms with Gasteiger partial charge in [-0.15, -0.1) is 0 Å². The highest BCUT2D eigenvalue weighted by Crippen LogP contribution is 2.30. The number of hydrogen-bond acceptors (Lipinski definition) is 2. The lowest BCUT2D eigenvalue weighted by molar-refractivity contribution is -0.142. The van der Waals surface area contributed by atoms with Crippen molar-refractivity contribution in [3.63, 3.8) is 0 Å². The highest BCUT2D eigenvalue weighted by atomic mass is 16.4. The Morgan fingerprint density at radius 2 is 1.86 bits per heavy atom. The largest absolute Gasteiger partial charge is 0.481 e. The molecule has 110 valence electrons. The fourth-order valence-electron chi connectivity index (χ4n) is 3.28. The minimum Gasteiger partial charge on any atom is -0.481 e. The minimum absolute atomic E-state index is 0.155. The second-order valence-electron chi connectivity index (χ2n) is 6.06. The summed E-state index contributed by atoms with van der Waals surface area (Å²) in [7, 11) is 0. The Bertz CT molecular complexity index is 657. The van der Waals surface area contributed by atoms with E-state index >= 15 is 0 Å². The zero-order valence-corrected chi connectivity index (χ0v) is 12.3. The maximum Gasteiger partial charge on any atom is 0.306 e. The van der Waals surface area contributed by atoms with Crippen molar-refractivity contribution in [3.05, 3.63) is 42.0 Å². The van der Waals surface area contributed by atoms with Crippen molar-refractivity contribution >= 4 is 22.4 Å². The molecule has 0 aliphatic heterocycles. The maximum absolute atomic E-state index is 11.0. The van der Waals surface area contributed by atoms with Crippen LogP contribution in [0.5, 0.6) is 0 Å². The van der Waals surface area contributed by atoms with E-state index < -0.39 is 5.97 Å². The van der Waals surface area contributed by atoms with Gasteiger partial charge in [0.05, 0.1) is 5.92 Å². The van der Waals surface area contributed by atoms with Gasteiger partial charge >= 0.3 is 5.97 Å². The van der Waals surface area contributed by atoms with E-state index in [9.17, 15) is 4.79 Å². The first kappa shape index (κ1) is 13.9. The van der Waals surface area contributed by atoms with Crippen molar-refractivity contribution in [3.8, 4) is 0 Å². The van der Waals surface area contributed by atoms with Crippen molar-refractivity contribution < 1.29 is 9.90 Å². The third-order valence-electron chi connectivity index (χ3n) is 4.44. The Hall–Kier alpha value is -2.03. The maximum atomic E-state index is 11.0. The number of nitrogens with one attached hydrogen (secondary N) is 1. The molecule has 1 aliphatic rings. The normalized spacial score (nSPS) is 22.1. The number of carboxylic acids is 1. The second-order valence-corrected chi connectivity index (χ2v) is 6.06. The minimum atomic E-state index is -0.644. The summed E-state index contributed by atoms with van der Waals surface area (Å²) in [5, 5.41) is 15.2. The summed E-state index contributed by atoms with van der Waals surface area (Å²) >= 11 is 0. The molecule has 0 radical (unpaired) electrons. The number of aliphatic carboxylic acids is 1. The van der Waals surface area contributed by atoms with Gasteiger partial charge in [-0.3, -0.25) is 4.79 Å². The first-order valence-electron chi connectivity index (χ1n) is 7.62. The van der Waals surface area contributed by atoms with Crippen molar-refractivity contribution in [2.24, 2.45) is 5.92 Å². The fraction of sp³-hybridized carbons (Fsp3) is 0.389. The Balaban J connectivity index is 1.78. The van der Waals surface area contributed by atoms with Crippen LogP contribution in [-0.4, -0.2) is 17.1 Å². The Labute approximate surface area is 125 Å². The summed E-state index contributed by atoms with van der Waals surface area (Å²) in [4.78, 5) is 11.0. The van der Waals surface area contributed by atoms with Crippen LogP contribution in [-0.2, 0) is 4.79 Å². The second kappa shape index (κ2) is 5.76. The molecular formula is C18H21NO2. The van der Waals surface area contributed by atoms with Crippen molar-refractivity contribution in [2.45, 2.75) is 38.6 Å². The molecule has 2 N–H and O–H groups in total. The third-order valence-corrected chi connectivity index (χ3v) is 4.44. The van der Waals surface area contributed by atoms with Gasteiger partial charge in [-0.25, -0.2) is 0 Å². The van der Waals surface area contributed by atoms with Crippen LogP contribution in [0.4, 0.5) is 5.69 Å². The molecule has 0 aromatic heterocycles. The molecule has 0 heterocycles. The quantitative estimate of drug-likeness (QED) is 0.887. The van der Waals surface area contributed by atoms with Crippen molar-refractivity contribution in [1.29, 1.82) is 0 Å². The molecule has 0 bridgehead atoms. The highest BCUT2D eigenvalue weighted by molar-refractivity contribution is 5.94. The Morgan fingerprint density at radius 3 is 2.57 bits per heavy atom. The summed E-state index contributed by atoms with van der Waals surface area (Å²) in [5.74, 6) is -0.799.